The van der Waals surface area contributed by atoms with Gasteiger partial charge in [0.15, 0.2) is 0 Å². The van der Waals surface area contributed by atoms with Gasteiger partial charge in [0.1, 0.15) is 0 Å². The lowest BCUT2D eigenvalue weighted by Gasteiger charge is -2.26. The zero-order valence-corrected chi connectivity index (χ0v) is 12.0. The Hall–Kier alpha value is -0.710. The minimum atomic E-state index is -0.675. The summed E-state index contributed by atoms with van der Waals surface area (Å²) >= 11 is 1.64. The minimum Gasteiger partial charge on any atom is -0.481 e. The highest BCUT2D eigenvalue weighted by molar-refractivity contribution is 8.00. The lowest BCUT2D eigenvalue weighted by atomic mass is 9.82. The van der Waals surface area contributed by atoms with Crippen LogP contribution in [0.2, 0.25) is 0 Å². The molecule has 1 aliphatic rings. The molecule has 1 amide bonds. The predicted octanol–water partition coefficient (Wildman–Crippen LogP) is 2.14. The van der Waals surface area contributed by atoms with Crippen LogP contribution in [0.25, 0.3) is 0 Å². The van der Waals surface area contributed by atoms with E-state index in [9.17, 15) is 9.59 Å². The molecular formula is C13H23NO3S. The molecule has 0 spiro atoms. The van der Waals surface area contributed by atoms with E-state index in [1.54, 1.807) is 11.8 Å². The summed E-state index contributed by atoms with van der Waals surface area (Å²) in [6.07, 6.45) is 3.32. The molecule has 104 valence electrons. The Balaban J connectivity index is 2.14. The van der Waals surface area contributed by atoms with Gasteiger partial charge in [-0.1, -0.05) is 13.8 Å². The van der Waals surface area contributed by atoms with Crippen LogP contribution in [0.4, 0.5) is 0 Å². The summed E-state index contributed by atoms with van der Waals surface area (Å²) in [5.74, 6) is 0.212. The van der Waals surface area contributed by atoms with Crippen molar-refractivity contribution in [3.8, 4) is 0 Å². The molecule has 0 saturated heterocycles. The third-order valence-corrected chi connectivity index (χ3v) is 4.43. The molecule has 1 saturated carbocycles. The monoisotopic (exact) mass is 273 g/mol. The van der Waals surface area contributed by atoms with Gasteiger partial charge in [-0.2, -0.15) is 0 Å². The van der Waals surface area contributed by atoms with Crippen molar-refractivity contribution in [3.63, 3.8) is 0 Å². The van der Waals surface area contributed by atoms with Gasteiger partial charge in [0.05, 0.1) is 11.7 Å². The molecule has 0 aromatic rings. The SMILES string of the molecule is CC(C)SCC(=O)NCC1CCC(C(=O)O)CC1. The van der Waals surface area contributed by atoms with E-state index in [4.69, 9.17) is 5.11 Å². The third kappa shape index (κ3) is 5.76. The summed E-state index contributed by atoms with van der Waals surface area (Å²) in [5, 5.41) is 12.3. The highest BCUT2D eigenvalue weighted by atomic mass is 32.2. The molecule has 0 atom stereocenters. The highest BCUT2D eigenvalue weighted by Gasteiger charge is 2.25. The fourth-order valence-electron chi connectivity index (χ4n) is 2.17. The van der Waals surface area contributed by atoms with Crippen molar-refractivity contribution in [2.75, 3.05) is 12.3 Å². The second-order valence-electron chi connectivity index (χ2n) is 5.22. The van der Waals surface area contributed by atoms with Gasteiger partial charge < -0.3 is 10.4 Å². The van der Waals surface area contributed by atoms with Gasteiger partial charge in [-0.05, 0) is 36.9 Å². The maximum Gasteiger partial charge on any atom is 0.306 e. The van der Waals surface area contributed by atoms with Gasteiger partial charge >= 0.3 is 5.97 Å². The van der Waals surface area contributed by atoms with Gasteiger partial charge in [-0.25, -0.2) is 0 Å². The normalized spacial score (nSPS) is 23.9. The standard InChI is InChI=1S/C13H23NO3S/c1-9(2)18-8-12(15)14-7-10-3-5-11(6-4-10)13(16)17/h9-11H,3-8H2,1-2H3,(H,14,15)(H,16,17). The summed E-state index contributed by atoms with van der Waals surface area (Å²) in [4.78, 5) is 22.3. The molecule has 2 N–H and O–H groups in total. The molecule has 0 bridgehead atoms. The Morgan fingerprint density at radius 3 is 2.39 bits per heavy atom. The largest absolute Gasteiger partial charge is 0.481 e. The summed E-state index contributed by atoms with van der Waals surface area (Å²) in [6.45, 7) is 4.85. The second-order valence-corrected chi connectivity index (χ2v) is 6.78. The molecule has 1 aliphatic carbocycles. The van der Waals surface area contributed by atoms with Crippen molar-refractivity contribution in [2.45, 2.75) is 44.8 Å². The van der Waals surface area contributed by atoms with E-state index < -0.39 is 5.97 Å². The number of carbonyl (C=O) groups is 2. The van der Waals surface area contributed by atoms with E-state index in [-0.39, 0.29) is 11.8 Å². The number of rotatable bonds is 6. The Kier molecular flexibility index (Phi) is 6.54. The van der Waals surface area contributed by atoms with Crippen molar-refractivity contribution >= 4 is 23.6 Å². The molecule has 1 fully saturated rings. The van der Waals surface area contributed by atoms with E-state index in [1.807, 2.05) is 0 Å². The maximum absolute atomic E-state index is 11.5. The van der Waals surface area contributed by atoms with Crippen LogP contribution in [0.3, 0.4) is 0 Å². The molecule has 0 heterocycles. The average molecular weight is 273 g/mol. The molecule has 18 heavy (non-hydrogen) atoms. The first kappa shape index (κ1) is 15.3. The molecular weight excluding hydrogens is 250 g/mol. The molecule has 0 aliphatic heterocycles. The number of amides is 1. The quantitative estimate of drug-likeness (QED) is 0.778. The van der Waals surface area contributed by atoms with E-state index >= 15 is 0 Å². The average Bonchev–Trinajstić information content (AvgIpc) is 2.34. The fourth-order valence-corrected chi connectivity index (χ4v) is 2.75. The van der Waals surface area contributed by atoms with E-state index in [2.05, 4.69) is 19.2 Å². The summed E-state index contributed by atoms with van der Waals surface area (Å²) in [7, 11) is 0. The topological polar surface area (TPSA) is 66.4 Å². The first-order valence-electron chi connectivity index (χ1n) is 6.60. The minimum absolute atomic E-state index is 0.0917. The van der Waals surface area contributed by atoms with E-state index in [0.29, 0.717) is 23.5 Å². The van der Waals surface area contributed by atoms with Gasteiger partial charge in [0, 0.05) is 6.54 Å². The fraction of sp³-hybridized carbons (Fsp3) is 0.846. The number of hydrogen-bond acceptors (Lipinski definition) is 3. The van der Waals surface area contributed by atoms with Crippen molar-refractivity contribution in [2.24, 2.45) is 11.8 Å². The van der Waals surface area contributed by atoms with Crippen LogP contribution >= 0.6 is 11.8 Å². The van der Waals surface area contributed by atoms with Crippen LogP contribution in [-0.2, 0) is 9.59 Å². The number of carbonyl (C=O) groups excluding carboxylic acids is 1. The van der Waals surface area contributed by atoms with Crippen molar-refractivity contribution in [1.29, 1.82) is 0 Å². The molecule has 0 unspecified atom stereocenters. The Morgan fingerprint density at radius 1 is 1.28 bits per heavy atom. The van der Waals surface area contributed by atoms with Crippen LogP contribution in [0.15, 0.2) is 0 Å². The highest BCUT2D eigenvalue weighted by Crippen LogP contribution is 2.28. The Morgan fingerprint density at radius 2 is 1.89 bits per heavy atom. The van der Waals surface area contributed by atoms with Crippen LogP contribution in [-0.4, -0.2) is 34.5 Å². The number of thioether (sulfide) groups is 1. The number of hydrogen-bond donors (Lipinski definition) is 2. The van der Waals surface area contributed by atoms with Gasteiger partial charge in [0.25, 0.3) is 0 Å². The number of nitrogens with one attached hydrogen (secondary N) is 1. The first-order valence-corrected chi connectivity index (χ1v) is 7.65. The Bertz CT molecular complexity index is 286. The van der Waals surface area contributed by atoms with E-state index in [1.165, 1.54) is 0 Å². The molecule has 4 nitrogen and oxygen atoms in total. The molecule has 1 rings (SSSR count). The molecule has 0 aromatic carbocycles. The summed E-state index contributed by atoms with van der Waals surface area (Å²) < 4.78 is 0. The van der Waals surface area contributed by atoms with Crippen molar-refractivity contribution < 1.29 is 14.7 Å². The first-order chi connectivity index (χ1) is 8.49. The van der Waals surface area contributed by atoms with Crippen LogP contribution in [0, 0.1) is 11.8 Å². The zero-order chi connectivity index (χ0) is 13.5. The number of carboxylic acids is 1. The zero-order valence-electron chi connectivity index (χ0n) is 11.1. The molecule has 0 aromatic heterocycles. The summed E-state index contributed by atoms with van der Waals surface area (Å²) in [5.41, 5.74) is 0. The van der Waals surface area contributed by atoms with Crippen LogP contribution < -0.4 is 5.32 Å². The summed E-state index contributed by atoms with van der Waals surface area (Å²) in [6, 6.07) is 0. The van der Waals surface area contributed by atoms with E-state index in [0.717, 1.165) is 25.7 Å². The van der Waals surface area contributed by atoms with Crippen LogP contribution in [0.5, 0.6) is 0 Å². The molecule has 5 heteroatoms. The Labute approximate surface area is 113 Å². The van der Waals surface area contributed by atoms with Crippen LogP contribution in [0.1, 0.15) is 39.5 Å². The third-order valence-electron chi connectivity index (χ3n) is 3.33. The van der Waals surface area contributed by atoms with Gasteiger partial charge in [-0.3, -0.25) is 9.59 Å². The smallest absolute Gasteiger partial charge is 0.306 e. The van der Waals surface area contributed by atoms with Crippen molar-refractivity contribution in [3.05, 3.63) is 0 Å². The lowest BCUT2D eigenvalue weighted by Crippen LogP contribution is -2.33. The number of aliphatic carboxylic acids is 1. The number of carboxylic acid groups (broad SMARTS) is 1. The predicted molar refractivity (Wildman–Crippen MR) is 73.7 cm³/mol. The van der Waals surface area contributed by atoms with Gasteiger partial charge in [-0.15, -0.1) is 11.8 Å². The maximum atomic E-state index is 11.5. The van der Waals surface area contributed by atoms with Crippen molar-refractivity contribution in [1.82, 2.24) is 5.32 Å². The lowest BCUT2D eigenvalue weighted by molar-refractivity contribution is -0.143. The molecule has 0 radical (unpaired) electrons. The van der Waals surface area contributed by atoms with Gasteiger partial charge in [0.2, 0.25) is 5.91 Å². The second kappa shape index (κ2) is 7.67.